The number of amides is 8. The minimum absolute atomic E-state index is 0. The highest BCUT2D eigenvalue weighted by atomic mass is 16.2. The van der Waals surface area contributed by atoms with Gasteiger partial charge in [-0.3, -0.25) is 0 Å². The van der Waals surface area contributed by atoms with Crippen molar-refractivity contribution in [1.82, 2.24) is 79.0 Å². The molecule has 0 unspecified atom stereocenters. The van der Waals surface area contributed by atoms with Crippen LogP contribution in [0.1, 0.15) is 95.6 Å². The van der Waals surface area contributed by atoms with Crippen molar-refractivity contribution in [3.63, 3.8) is 0 Å². The van der Waals surface area contributed by atoms with Crippen molar-refractivity contribution in [2.75, 3.05) is 65.5 Å². The van der Waals surface area contributed by atoms with Gasteiger partial charge in [0.1, 0.15) is 71.4 Å². The Labute approximate surface area is 691 Å². The van der Waals surface area contributed by atoms with Gasteiger partial charge in [0.15, 0.2) is 22.6 Å². The quantitative estimate of drug-likeness (QED) is 0.0453. The number of benzene rings is 8. The zero-order chi connectivity index (χ0) is 83.4. The number of nitrogens with zero attached hydrogens (tertiary/aromatic N) is 16. The van der Waals surface area contributed by atoms with Crippen molar-refractivity contribution in [3.8, 4) is 45.0 Å². The summed E-state index contributed by atoms with van der Waals surface area (Å²) in [4.78, 5) is 82.9. The lowest BCUT2D eigenvalue weighted by Gasteiger charge is -2.10. The lowest BCUT2D eigenvalue weighted by Crippen LogP contribution is -2.19. The SMILES string of the molecule is C.CC(C)n1nc(-c2ccc(NC(=O)Nc3ccccc3)cc2)c2c(N)ncnc21.Cc1cccc(NC(=O)Nc2ccc(-c3nn(C(C)C)c4ncnc(N)c34)cc2)c1.Cc1cccc(NC(=O)Nc2ccc(-c3nn(C)c4ncnc(N)c34)cc2)c1.Cc1cccc(NC(=O)Nc2ccc(-c3nn(C4CCCC4)c4ncnc(N)c34)cc2)c1. The highest BCUT2D eigenvalue weighted by molar-refractivity contribution is 6.05. The van der Waals surface area contributed by atoms with E-state index in [1.165, 1.54) is 38.2 Å². The summed E-state index contributed by atoms with van der Waals surface area (Å²) in [5, 5.41) is 44.4. The minimum Gasteiger partial charge on any atom is -0.383 e. The molecule has 1 fully saturated rings. The highest BCUT2D eigenvalue weighted by Crippen LogP contribution is 2.39. The molecule has 0 radical (unpaired) electrons. The van der Waals surface area contributed by atoms with Crippen molar-refractivity contribution in [2.45, 2.75) is 99.7 Å². The van der Waals surface area contributed by atoms with Crippen LogP contribution < -0.4 is 65.5 Å². The van der Waals surface area contributed by atoms with Crippen LogP contribution >= 0.6 is 0 Å². The molecule has 1 aliphatic carbocycles. The molecule has 1 aliphatic rings. The van der Waals surface area contributed by atoms with Gasteiger partial charge in [-0.25, -0.2) is 77.8 Å². The van der Waals surface area contributed by atoms with E-state index in [0.717, 1.165) is 102 Å². The number of nitrogens with one attached hydrogen (secondary N) is 8. The average molecular weight is 1610 g/mol. The van der Waals surface area contributed by atoms with Crippen LogP contribution in [0.25, 0.3) is 89.2 Å². The molecule has 0 aliphatic heterocycles. The summed E-state index contributed by atoms with van der Waals surface area (Å²) in [6, 6.07) is 61.3. The highest BCUT2D eigenvalue weighted by Gasteiger charge is 2.26. The van der Waals surface area contributed by atoms with Crippen LogP contribution in [0.3, 0.4) is 0 Å². The lowest BCUT2D eigenvalue weighted by atomic mass is 10.1. The Morgan fingerprint density at radius 3 is 0.942 bits per heavy atom. The number of anilines is 12. The van der Waals surface area contributed by atoms with E-state index in [1.807, 2.05) is 270 Å². The number of carbonyl (C=O) groups is 4. The minimum atomic E-state index is -0.309. The summed E-state index contributed by atoms with van der Waals surface area (Å²) in [6.07, 6.45) is 10.4. The first kappa shape index (κ1) is 82.2. The first-order valence-corrected chi connectivity index (χ1v) is 38.4. The Balaban J connectivity index is 0.000000138. The predicted molar refractivity (Wildman–Crippen MR) is 477 cm³/mol. The summed E-state index contributed by atoms with van der Waals surface area (Å²) < 4.78 is 7.35. The average Bonchev–Trinajstić information content (AvgIpc) is 1.57. The number of urea groups is 4. The molecule has 32 nitrogen and oxygen atoms in total. The first-order valence-electron chi connectivity index (χ1n) is 38.4. The van der Waals surface area contributed by atoms with Crippen LogP contribution in [0.5, 0.6) is 0 Å². The fraction of sp³-hybridized carbons (Fsp3) is 0.182. The summed E-state index contributed by atoms with van der Waals surface area (Å²) in [5.74, 6) is 1.59. The predicted octanol–water partition coefficient (Wildman–Crippen LogP) is 18.3. The van der Waals surface area contributed by atoms with E-state index in [2.05, 4.69) is 87.5 Å². The van der Waals surface area contributed by atoms with Crippen LogP contribution in [0, 0.1) is 20.8 Å². The molecule has 8 heterocycles. The Bertz CT molecular complexity index is 6340. The van der Waals surface area contributed by atoms with Gasteiger partial charge in [-0.15, -0.1) is 0 Å². The van der Waals surface area contributed by atoms with E-state index >= 15 is 0 Å². The standard InChI is InChI=1S/C24H25N7O.C22H23N7O.C21H21N7O.C20H19N7O.CH4/c1-15-5-4-6-18(13-15)29-24(32)28-17-11-9-16(10-12-17)21-20-22(25)26-14-27-23(20)31(30-21)19-7-2-3-8-19;1-13(2)29-21-18(20(23)24-12-25-21)19(28-29)15-7-9-16(10-8-15)26-22(30)27-17-6-4-5-14(3)11-17;1-13(2)28-20-17(19(22)23-12-24-20)18(27-28)14-8-10-16(11-9-14)26-21(29)25-15-6-4-3-5-7-15;1-12-4-3-5-15(10-12)25-20(28)24-14-8-6-13(7-9-14)17-16-18(21)22-11-23-19(16)27(2)26-17;/h4-6,9-14,19H,2-3,7-8H2,1H3,(H2,25,26,27)(H2,28,29,32);4-13H,1-3H3,(H2,23,24,25)(H2,26,27,30);3-13H,1-2H3,(H2,22,23,24)(H2,25,26,29);3-11H,1-2H3,(H2,21,22,23)(H2,24,25,28);1H4. The number of nitrogens with two attached hydrogens (primary N) is 4. The first-order chi connectivity index (χ1) is 57.5. The number of fused-ring (bicyclic) bond motifs is 4. The van der Waals surface area contributed by atoms with Gasteiger partial charge in [0.25, 0.3) is 0 Å². The molecule has 0 spiro atoms. The van der Waals surface area contributed by atoms with Crippen LogP contribution in [0.4, 0.5) is 87.9 Å². The van der Waals surface area contributed by atoms with E-state index < -0.39 is 0 Å². The van der Waals surface area contributed by atoms with Gasteiger partial charge in [-0.1, -0.05) is 123 Å². The fourth-order valence-electron chi connectivity index (χ4n) is 13.7. The topological polar surface area (TPSA) is 443 Å². The molecule has 17 rings (SSSR count). The number of nitrogen functional groups attached to an aromatic ring is 4. The summed E-state index contributed by atoms with van der Waals surface area (Å²) >= 11 is 0. The normalized spacial score (nSPS) is 11.7. The Morgan fingerprint density at radius 2 is 0.608 bits per heavy atom. The largest absolute Gasteiger partial charge is 0.383 e. The number of rotatable bonds is 15. The Morgan fingerprint density at radius 1 is 0.333 bits per heavy atom. The van der Waals surface area contributed by atoms with Crippen molar-refractivity contribution in [1.29, 1.82) is 0 Å². The number of aryl methyl sites for hydroxylation is 4. The second-order valence-electron chi connectivity index (χ2n) is 28.9. The monoisotopic (exact) mass is 1600 g/mol. The van der Waals surface area contributed by atoms with Gasteiger partial charge in [-0.05, 0) is 175 Å². The molecule has 0 bridgehead atoms. The van der Waals surface area contributed by atoms with Gasteiger partial charge in [0.2, 0.25) is 0 Å². The van der Waals surface area contributed by atoms with Gasteiger partial charge >= 0.3 is 24.1 Å². The smallest absolute Gasteiger partial charge is 0.323 e. The fourth-order valence-corrected chi connectivity index (χ4v) is 13.7. The van der Waals surface area contributed by atoms with E-state index in [9.17, 15) is 19.2 Å². The summed E-state index contributed by atoms with van der Waals surface area (Å²) in [5.41, 5.74) is 42.6. The second kappa shape index (κ2) is 36.8. The number of hydrogen-bond acceptors (Lipinski definition) is 20. The van der Waals surface area contributed by atoms with Crippen molar-refractivity contribution in [2.24, 2.45) is 7.05 Å². The number of hydrogen-bond donors (Lipinski definition) is 12. The summed E-state index contributed by atoms with van der Waals surface area (Å²) in [6.45, 7) is 14.1. The zero-order valence-electron chi connectivity index (χ0n) is 66.5. The van der Waals surface area contributed by atoms with Gasteiger partial charge < -0.3 is 65.5 Å². The molecule has 120 heavy (non-hydrogen) atoms. The second-order valence-corrected chi connectivity index (χ2v) is 28.9. The van der Waals surface area contributed by atoms with E-state index in [0.29, 0.717) is 91.5 Å². The van der Waals surface area contributed by atoms with Crippen LogP contribution in [-0.4, -0.2) is 103 Å². The molecule has 16 N–H and O–H groups in total. The van der Waals surface area contributed by atoms with Crippen molar-refractivity contribution in [3.05, 3.63) is 242 Å². The molecule has 8 aromatic carbocycles. The third-order valence-electron chi connectivity index (χ3n) is 19.4. The molecular weight excluding hydrogens is 1510 g/mol. The molecule has 1 saturated carbocycles. The molecule has 8 aromatic heterocycles. The maximum atomic E-state index is 12.3. The molecule has 16 aromatic rings. The zero-order valence-corrected chi connectivity index (χ0v) is 66.5. The number of para-hydroxylation sites is 1. The van der Waals surface area contributed by atoms with Crippen molar-refractivity contribution < 1.29 is 19.2 Å². The molecule has 32 heteroatoms. The molecule has 608 valence electrons. The molecular formula is C88H92N28O4. The van der Waals surface area contributed by atoms with Crippen LogP contribution in [-0.2, 0) is 7.05 Å². The maximum Gasteiger partial charge on any atom is 0.323 e. The van der Waals surface area contributed by atoms with Crippen LogP contribution in [0.2, 0.25) is 0 Å². The maximum absolute atomic E-state index is 12.3. The van der Waals surface area contributed by atoms with E-state index in [-0.39, 0.29) is 43.6 Å². The molecule has 0 saturated heterocycles. The molecule has 0 atom stereocenters. The third-order valence-corrected chi connectivity index (χ3v) is 19.4. The lowest BCUT2D eigenvalue weighted by molar-refractivity contribution is 0.261. The van der Waals surface area contributed by atoms with E-state index in [4.69, 9.17) is 38.2 Å². The van der Waals surface area contributed by atoms with Gasteiger partial charge in [0, 0.05) is 86.9 Å². The van der Waals surface area contributed by atoms with Gasteiger partial charge in [-0.2, -0.15) is 20.4 Å². The Hall–Kier alpha value is -15.8. The third kappa shape index (κ3) is 19.3. The number of carbonyl (C=O) groups excluding carboxylic acids is 4. The Kier molecular flexibility index (Phi) is 25.2. The molecule has 8 amide bonds. The summed E-state index contributed by atoms with van der Waals surface area (Å²) in [7, 11) is 1.81. The van der Waals surface area contributed by atoms with E-state index in [1.54, 1.807) is 4.68 Å². The van der Waals surface area contributed by atoms with Crippen LogP contribution in [0.15, 0.2) is 225 Å². The van der Waals surface area contributed by atoms with Crippen molar-refractivity contribution >= 4 is 137 Å². The van der Waals surface area contributed by atoms with Gasteiger partial charge in [0.05, 0.1) is 27.6 Å². The number of aromatic nitrogens is 16.